The van der Waals surface area contributed by atoms with Crippen LogP contribution in [0.25, 0.3) is 22.0 Å². The minimum atomic E-state index is -0.488. The molecule has 1 aliphatic heterocycles. The van der Waals surface area contributed by atoms with Gasteiger partial charge in [-0.2, -0.15) is 4.98 Å². The molecule has 3 heterocycles. The van der Waals surface area contributed by atoms with E-state index < -0.39 is 6.04 Å². The number of aromatic nitrogens is 2. The standard InChI is InChI=1S/C27H23N5O2/c1-15(2)16-11-13-17(14-12-16)23-22-24(18-7-3-4-8-19(18)28-25(22)33)31-26(30-23)32-27-29-20-9-5-6-10-21(20)34-27/h3-15,23H,1-2H3,(H,28,33)(H2,29,30,31,32). The van der Waals surface area contributed by atoms with E-state index in [2.05, 4.69) is 46.6 Å². The van der Waals surface area contributed by atoms with Crippen molar-refractivity contribution < 1.29 is 4.42 Å². The lowest BCUT2D eigenvalue weighted by atomic mass is 9.93. The Hall–Kier alpha value is -4.39. The molecule has 1 aliphatic rings. The van der Waals surface area contributed by atoms with Gasteiger partial charge in [-0.15, -0.1) is 0 Å². The molecule has 1 atom stereocenters. The summed E-state index contributed by atoms with van der Waals surface area (Å²) in [6, 6.07) is 23.4. The first-order chi connectivity index (χ1) is 16.6. The topological polar surface area (TPSA) is 95.3 Å². The fourth-order valence-electron chi connectivity index (χ4n) is 4.39. The van der Waals surface area contributed by atoms with Gasteiger partial charge < -0.3 is 14.7 Å². The van der Waals surface area contributed by atoms with Gasteiger partial charge in [0.2, 0.25) is 5.96 Å². The first kappa shape index (κ1) is 20.2. The average molecular weight is 450 g/mol. The van der Waals surface area contributed by atoms with Crippen LogP contribution in [0.4, 0.5) is 11.7 Å². The van der Waals surface area contributed by atoms with Gasteiger partial charge in [0.15, 0.2) is 5.58 Å². The van der Waals surface area contributed by atoms with E-state index in [1.165, 1.54) is 5.56 Å². The van der Waals surface area contributed by atoms with E-state index in [9.17, 15) is 4.79 Å². The molecule has 3 aromatic carbocycles. The second-order valence-corrected chi connectivity index (χ2v) is 8.73. The zero-order chi connectivity index (χ0) is 23.2. The Balaban J connectivity index is 1.49. The third kappa shape index (κ3) is 3.42. The van der Waals surface area contributed by atoms with Gasteiger partial charge in [-0.1, -0.05) is 68.4 Å². The van der Waals surface area contributed by atoms with Crippen LogP contribution >= 0.6 is 0 Å². The van der Waals surface area contributed by atoms with Gasteiger partial charge in [0.1, 0.15) is 11.6 Å². The van der Waals surface area contributed by atoms with E-state index >= 15 is 0 Å². The molecule has 0 spiro atoms. The van der Waals surface area contributed by atoms with E-state index in [0.29, 0.717) is 29.0 Å². The van der Waals surface area contributed by atoms with E-state index in [0.717, 1.165) is 27.7 Å². The number of benzene rings is 3. The molecule has 0 aliphatic carbocycles. The fraction of sp³-hybridized carbons (Fsp3) is 0.148. The van der Waals surface area contributed by atoms with Crippen molar-refractivity contribution in [3.63, 3.8) is 0 Å². The van der Waals surface area contributed by atoms with Crippen molar-refractivity contribution in [2.24, 2.45) is 4.99 Å². The number of oxazole rings is 1. The molecule has 2 aromatic heterocycles. The molecule has 0 fully saturated rings. The van der Waals surface area contributed by atoms with Gasteiger partial charge in [-0.25, -0.2) is 4.99 Å². The Morgan fingerprint density at radius 2 is 1.74 bits per heavy atom. The molecule has 0 bridgehead atoms. The highest BCUT2D eigenvalue weighted by atomic mass is 16.4. The van der Waals surface area contributed by atoms with Crippen molar-refractivity contribution in [2.45, 2.75) is 25.8 Å². The quantitative estimate of drug-likeness (QED) is 0.325. The summed E-state index contributed by atoms with van der Waals surface area (Å²) in [7, 11) is 0. The highest BCUT2D eigenvalue weighted by Gasteiger charge is 2.28. The number of pyridine rings is 1. The number of nitrogens with zero attached hydrogens (tertiary/aromatic N) is 2. The number of nitrogens with one attached hydrogen (secondary N) is 3. The largest absolute Gasteiger partial charge is 0.423 e. The number of guanidine groups is 1. The molecule has 0 saturated heterocycles. The number of hydrogen-bond donors (Lipinski definition) is 3. The second-order valence-electron chi connectivity index (χ2n) is 8.73. The van der Waals surface area contributed by atoms with Crippen LogP contribution in [0.3, 0.4) is 0 Å². The summed E-state index contributed by atoms with van der Waals surface area (Å²) in [6.07, 6.45) is 0. The lowest BCUT2D eigenvalue weighted by Crippen LogP contribution is -2.32. The maximum Gasteiger partial charge on any atom is 0.302 e. The summed E-state index contributed by atoms with van der Waals surface area (Å²) in [5, 5.41) is 7.41. The molecule has 7 heteroatoms. The SMILES string of the molecule is CC(C)c1ccc(C2N=C(Nc3nc4ccccc4o3)Nc3c2c(=O)[nH]c2ccccc32)cc1. The van der Waals surface area contributed by atoms with Crippen LogP contribution in [0.1, 0.15) is 42.5 Å². The smallest absolute Gasteiger partial charge is 0.302 e. The number of H-pyrrole nitrogens is 1. The number of rotatable bonds is 3. The zero-order valence-corrected chi connectivity index (χ0v) is 18.8. The second kappa shape index (κ2) is 7.88. The van der Waals surface area contributed by atoms with Crippen LogP contribution in [-0.2, 0) is 0 Å². The molecule has 168 valence electrons. The monoisotopic (exact) mass is 449 g/mol. The first-order valence-corrected chi connectivity index (χ1v) is 11.3. The van der Waals surface area contributed by atoms with Crippen molar-refractivity contribution in [2.75, 3.05) is 10.6 Å². The maximum absolute atomic E-state index is 13.2. The van der Waals surface area contributed by atoms with E-state index in [1.807, 2.05) is 60.7 Å². The molecule has 34 heavy (non-hydrogen) atoms. The van der Waals surface area contributed by atoms with Crippen LogP contribution in [-0.4, -0.2) is 15.9 Å². The number of hydrogen-bond acceptors (Lipinski definition) is 6. The van der Waals surface area contributed by atoms with Crippen molar-refractivity contribution in [1.29, 1.82) is 0 Å². The third-order valence-corrected chi connectivity index (χ3v) is 6.17. The molecule has 0 saturated carbocycles. The number of fused-ring (bicyclic) bond motifs is 4. The van der Waals surface area contributed by atoms with Crippen LogP contribution in [0.15, 0.2) is 87.0 Å². The molecule has 1 unspecified atom stereocenters. The van der Waals surface area contributed by atoms with Gasteiger partial charge in [0.05, 0.1) is 16.8 Å². The number of para-hydroxylation sites is 3. The molecular formula is C27H23N5O2. The number of aliphatic imine (C=N–C) groups is 1. The molecule has 6 rings (SSSR count). The minimum Gasteiger partial charge on any atom is -0.423 e. The molecule has 5 aromatic rings. The van der Waals surface area contributed by atoms with Crippen LogP contribution in [0.2, 0.25) is 0 Å². The minimum absolute atomic E-state index is 0.163. The summed E-state index contributed by atoms with van der Waals surface area (Å²) in [4.78, 5) is 25.6. The Morgan fingerprint density at radius 3 is 2.53 bits per heavy atom. The van der Waals surface area contributed by atoms with Crippen molar-refractivity contribution in [3.05, 3.63) is 99.8 Å². The lowest BCUT2D eigenvalue weighted by molar-refractivity contribution is 0.624. The normalized spacial score (nSPS) is 15.3. The van der Waals surface area contributed by atoms with Gasteiger partial charge in [0, 0.05) is 5.39 Å². The third-order valence-electron chi connectivity index (χ3n) is 6.17. The Morgan fingerprint density at radius 1 is 0.971 bits per heavy atom. The molecule has 0 amide bonds. The fourth-order valence-corrected chi connectivity index (χ4v) is 4.39. The molecule has 7 nitrogen and oxygen atoms in total. The highest BCUT2D eigenvalue weighted by Crippen LogP contribution is 2.37. The molecule has 3 N–H and O–H groups in total. The Bertz CT molecular complexity index is 1580. The first-order valence-electron chi connectivity index (χ1n) is 11.3. The maximum atomic E-state index is 13.2. The van der Waals surface area contributed by atoms with Gasteiger partial charge in [0.25, 0.3) is 5.56 Å². The predicted octanol–water partition coefficient (Wildman–Crippen LogP) is 5.78. The van der Waals surface area contributed by atoms with E-state index in [-0.39, 0.29) is 5.56 Å². The summed E-state index contributed by atoms with van der Waals surface area (Å²) in [5.41, 5.74) is 5.52. The van der Waals surface area contributed by atoms with Crippen LogP contribution in [0.5, 0.6) is 0 Å². The Labute approximate surface area is 195 Å². The lowest BCUT2D eigenvalue weighted by Gasteiger charge is -2.26. The van der Waals surface area contributed by atoms with Gasteiger partial charge >= 0.3 is 6.01 Å². The summed E-state index contributed by atoms with van der Waals surface area (Å²) >= 11 is 0. The summed E-state index contributed by atoms with van der Waals surface area (Å²) < 4.78 is 5.84. The van der Waals surface area contributed by atoms with E-state index in [1.54, 1.807) is 0 Å². The summed E-state index contributed by atoms with van der Waals surface area (Å²) in [5.74, 6) is 0.884. The molecule has 0 radical (unpaired) electrons. The van der Waals surface area contributed by atoms with Gasteiger partial charge in [-0.3, -0.25) is 10.1 Å². The van der Waals surface area contributed by atoms with Crippen LogP contribution in [0, 0.1) is 0 Å². The highest BCUT2D eigenvalue weighted by molar-refractivity contribution is 6.10. The van der Waals surface area contributed by atoms with Gasteiger partial charge in [-0.05, 0) is 35.2 Å². The molecular weight excluding hydrogens is 426 g/mol. The van der Waals surface area contributed by atoms with Crippen molar-refractivity contribution in [1.82, 2.24) is 9.97 Å². The average Bonchev–Trinajstić information content (AvgIpc) is 3.26. The number of anilines is 2. The van der Waals surface area contributed by atoms with Crippen molar-refractivity contribution >= 4 is 39.7 Å². The Kier molecular flexibility index (Phi) is 4.69. The predicted molar refractivity (Wildman–Crippen MR) is 136 cm³/mol. The zero-order valence-electron chi connectivity index (χ0n) is 18.8. The number of aromatic amines is 1. The van der Waals surface area contributed by atoms with Crippen molar-refractivity contribution in [3.8, 4) is 0 Å². The van der Waals surface area contributed by atoms with E-state index in [4.69, 9.17) is 9.41 Å². The summed E-state index contributed by atoms with van der Waals surface area (Å²) in [6.45, 7) is 4.32. The van der Waals surface area contributed by atoms with Crippen LogP contribution < -0.4 is 16.2 Å².